The van der Waals surface area contributed by atoms with Gasteiger partial charge in [0.15, 0.2) is 5.78 Å². The van der Waals surface area contributed by atoms with E-state index >= 15 is 0 Å². The molecule has 0 aliphatic carbocycles. The molecular weight excluding hydrogens is 469 g/mol. The second-order valence-corrected chi connectivity index (χ2v) is 10.7. The van der Waals surface area contributed by atoms with Crippen LogP contribution in [0.2, 0.25) is 0 Å². The highest BCUT2D eigenvalue weighted by molar-refractivity contribution is 5.83. The number of hydrogen-bond donors (Lipinski definition) is 1. The number of ketones is 1. The molecule has 6 nitrogen and oxygen atoms in total. The molecule has 2 saturated heterocycles. The van der Waals surface area contributed by atoms with Gasteiger partial charge in [-0.2, -0.15) is 0 Å². The van der Waals surface area contributed by atoms with Crippen molar-refractivity contribution in [1.82, 2.24) is 9.88 Å². The van der Waals surface area contributed by atoms with Gasteiger partial charge in [0.1, 0.15) is 11.6 Å². The lowest BCUT2D eigenvalue weighted by Crippen LogP contribution is -2.33. The van der Waals surface area contributed by atoms with Gasteiger partial charge in [0.2, 0.25) is 0 Å². The molecule has 0 amide bonds. The van der Waals surface area contributed by atoms with Gasteiger partial charge in [-0.05, 0) is 93.2 Å². The van der Waals surface area contributed by atoms with Gasteiger partial charge in [-0.3, -0.25) is 9.69 Å². The Morgan fingerprint density at radius 3 is 2.97 bits per heavy atom. The third-order valence-corrected chi connectivity index (χ3v) is 7.93. The smallest absolute Gasteiger partial charge is 0.151 e. The number of anilines is 1. The molecule has 0 bridgehead atoms. The van der Waals surface area contributed by atoms with Gasteiger partial charge in [-0.1, -0.05) is 18.6 Å². The molecule has 0 spiro atoms. The van der Waals surface area contributed by atoms with Crippen LogP contribution >= 0.6 is 0 Å². The van der Waals surface area contributed by atoms with E-state index in [-0.39, 0.29) is 23.8 Å². The van der Waals surface area contributed by atoms with E-state index in [1.54, 1.807) is 13.0 Å². The molecule has 2 aromatic rings. The molecule has 0 unspecified atom stereocenters. The molecule has 1 aromatic carbocycles. The molecule has 7 heteroatoms. The maximum atomic E-state index is 14.3. The van der Waals surface area contributed by atoms with Crippen molar-refractivity contribution in [2.24, 2.45) is 0 Å². The normalized spacial score (nSPS) is 22.5. The summed E-state index contributed by atoms with van der Waals surface area (Å²) >= 11 is 0. The number of Topliss-reactive ketones (excluding diaryl/α,β-unsaturated/α-hetero) is 1. The first-order valence-electron chi connectivity index (χ1n) is 14.1. The zero-order chi connectivity index (χ0) is 25.6. The summed E-state index contributed by atoms with van der Waals surface area (Å²) in [6, 6.07) is 8.75. The van der Waals surface area contributed by atoms with E-state index in [0.717, 1.165) is 93.7 Å². The van der Waals surface area contributed by atoms with Gasteiger partial charge in [-0.15, -0.1) is 0 Å². The van der Waals surface area contributed by atoms with Crippen molar-refractivity contribution >= 4 is 11.6 Å². The highest BCUT2D eigenvalue weighted by atomic mass is 19.1. The Hall–Kier alpha value is -2.35. The third kappa shape index (κ3) is 6.57. The van der Waals surface area contributed by atoms with Gasteiger partial charge in [-0.25, -0.2) is 9.37 Å². The number of aromatic nitrogens is 1. The van der Waals surface area contributed by atoms with Crippen LogP contribution in [0.15, 0.2) is 30.3 Å². The number of halogens is 1. The van der Waals surface area contributed by atoms with Gasteiger partial charge in [0, 0.05) is 38.5 Å². The molecule has 1 N–H and O–H groups in total. The summed E-state index contributed by atoms with van der Waals surface area (Å²) < 4.78 is 26.4. The lowest BCUT2D eigenvalue weighted by molar-refractivity contribution is -0.122. The van der Waals surface area contributed by atoms with Gasteiger partial charge >= 0.3 is 0 Å². The molecule has 0 radical (unpaired) electrons. The minimum atomic E-state index is -0.456. The van der Waals surface area contributed by atoms with Crippen molar-refractivity contribution in [2.45, 2.75) is 83.0 Å². The highest BCUT2D eigenvalue weighted by Crippen LogP contribution is 2.37. The molecule has 37 heavy (non-hydrogen) atoms. The van der Waals surface area contributed by atoms with E-state index in [2.05, 4.69) is 22.3 Å². The number of benzene rings is 1. The molecule has 200 valence electrons. The Balaban J connectivity index is 1.08. The topological polar surface area (TPSA) is 63.7 Å². The number of nitrogens with zero attached hydrogens (tertiary/aromatic N) is 2. The van der Waals surface area contributed by atoms with E-state index in [9.17, 15) is 9.18 Å². The maximum absolute atomic E-state index is 14.3. The third-order valence-electron chi connectivity index (χ3n) is 7.93. The SMILES string of the molecule is CC(=O)[C@H](c1cc(F)ccc1[C@H]1CCCO1)N1CC[C@@H](OCCCCCc2ccc3c(n2)NCCC3)C1. The molecule has 3 aliphatic rings. The number of fused-ring (bicyclic) bond motifs is 1. The van der Waals surface area contributed by atoms with Crippen molar-refractivity contribution in [2.75, 3.05) is 38.2 Å². The van der Waals surface area contributed by atoms with Crippen molar-refractivity contribution < 1.29 is 18.7 Å². The van der Waals surface area contributed by atoms with Crippen molar-refractivity contribution in [1.29, 1.82) is 0 Å². The zero-order valence-corrected chi connectivity index (χ0v) is 22.0. The molecule has 3 aliphatic heterocycles. The number of likely N-dealkylation sites (tertiary alicyclic amines) is 1. The van der Waals surface area contributed by atoms with Crippen LogP contribution in [0.4, 0.5) is 10.2 Å². The molecule has 2 fully saturated rings. The van der Waals surface area contributed by atoms with E-state index in [1.165, 1.54) is 24.1 Å². The predicted molar refractivity (Wildman–Crippen MR) is 142 cm³/mol. The molecule has 5 rings (SSSR count). The summed E-state index contributed by atoms with van der Waals surface area (Å²) in [5.74, 6) is 0.802. The lowest BCUT2D eigenvalue weighted by atomic mass is 9.92. The Morgan fingerprint density at radius 2 is 2.14 bits per heavy atom. The maximum Gasteiger partial charge on any atom is 0.151 e. The van der Waals surface area contributed by atoms with Crippen LogP contribution in [-0.2, 0) is 27.1 Å². The van der Waals surface area contributed by atoms with E-state index in [0.29, 0.717) is 13.2 Å². The summed E-state index contributed by atoms with van der Waals surface area (Å²) in [5.41, 5.74) is 4.20. The summed E-state index contributed by atoms with van der Waals surface area (Å²) in [5, 5.41) is 3.41. The van der Waals surface area contributed by atoms with E-state index < -0.39 is 6.04 Å². The average Bonchev–Trinajstić information content (AvgIpc) is 3.59. The van der Waals surface area contributed by atoms with Gasteiger partial charge < -0.3 is 14.8 Å². The van der Waals surface area contributed by atoms with Crippen molar-refractivity contribution in [3.05, 3.63) is 58.5 Å². The minimum Gasteiger partial charge on any atom is -0.377 e. The van der Waals surface area contributed by atoms with Gasteiger partial charge in [0.25, 0.3) is 0 Å². The van der Waals surface area contributed by atoms with Crippen LogP contribution in [-0.4, -0.2) is 54.6 Å². The number of nitrogens with one attached hydrogen (secondary N) is 1. The fourth-order valence-electron chi connectivity index (χ4n) is 6.04. The van der Waals surface area contributed by atoms with Crippen LogP contribution in [0, 0.1) is 5.82 Å². The first-order chi connectivity index (χ1) is 18.1. The number of ether oxygens (including phenoxy) is 2. The largest absolute Gasteiger partial charge is 0.377 e. The number of carbonyl (C=O) groups excluding carboxylic acids is 1. The van der Waals surface area contributed by atoms with E-state index in [1.807, 2.05) is 0 Å². The Bertz CT molecular complexity index is 1070. The number of unbranched alkanes of at least 4 members (excludes halogenated alkanes) is 2. The number of hydrogen-bond acceptors (Lipinski definition) is 6. The van der Waals surface area contributed by atoms with Crippen LogP contribution in [0.3, 0.4) is 0 Å². The molecule has 0 saturated carbocycles. The Labute approximate surface area is 219 Å². The monoisotopic (exact) mass is 509 g/mol. The van der Waals surface area contributed by atoms with Crippen molar-refractivity contribution in [3.63, 3.8) is 0 Å². The highest BCUT2D eigenvalue weighted by Gasteiger charge is 2.35. The standard InChI is InChI=1S/C30H40FN3O3/c1-21(35)29(27-19-23(31)11-13-26(27)28-9-6-18-37-28)34-16-14-25(20-34)36-17-4-2-3-8-24-12-10-22-7-5-15-32-30(22)33-24/h10-13,19,25,28-29H,2-9,14-18,20H2,1H3,(H,32,33)/t25-,28-,29-/m1/s1. The van der Waals surface area contributed by atoms with Gasteiger partial charge in [0.05, 0.1) is 18.2 Å². The average molecular weight is 510 g/mol. The predicted octanol–water partition coefficient (Wildman–Crippen LogP) is 5.56. The Morgan fingerprint density at radius 1 is 1.22 bits per heavy atom. The van der Waals surface area contributed by atoms with E-state index in [4.69, 9.17) is 14.5 Å². The first kappa shape index (κ1) is 26.3. The Kier molecular flexibility index (Phi) is 8.85. The second-order valence-electron chi connectivity index (χ2n) is 10.7. The summed E-state index contributed by atoms with van der Waals surface area (Å²) in [7, 11) is 0. The lowest BCUT2D eigenvalue weighted by Gasteiger charge is -2.29. The minimum absolute atomic E-state index is 0.0384. The fraction of sp³-hybridized carbons (Fsp3) is 0.600. The molecule has 3 atom stereocenters. The summed E-state index contributed by atoms with van der Waals surface area (Å²) in [6.45, 7) is 5.53. The van der Waals surface area contributed by atoms with Crippen LogP contribution in [0.25, 0.3) is 0 Å². The quantitative estimate of drug-likeness (QED) is 0.400. The number of rotatable bonds is 11. The van der Waals surface area contributed by atoms with Crippen molar-refractivity contribution in [3.8, 4) is 0 Å². The van der Waals surface area contributed by atoms with Crippen LogP contribution in [0.1, 0.15) is 86.4 Å². The fourth-order valence-corrected chi connectivity index (χ4v) is 6.04. The first-order valence-corrected chi connectivity index (χ1v) is 14.1. The second kappa shape index (κ2) is 12.5. The summed E-state index contributed by atoms with van der Waals surface area (Å²) in [6.07, 6.45) is 9.37. The molecule has 4 heterocycles. The summed E-state index contributed by atoms with van der Waals surface area (Å²) in [4.78, 5) is 19.7. The number of aryl methyl sites for hydroxylation is 2. The zero-order valence-electron chi connectivity index (χ0n) is 22.0. The molecular formula is C30H40FN3O3. The van der Waals surface area contributed by atoms with Crippen LogP contribution in [0.5, 0.6) is 0 Å². The number of pyridine rings is 1. The number of carbonyl (C=O) groups is 1. The molecule has 1 aromatic heterocycles. The van der Waals surface area contributed by atoms with Crippen LogP contribution < -0.4 is 5.32 Å².